The van der Waals surface area contributed by atoms with Crippen molar-refractivity contribution < 1.29 is 4.74 Å². The fourth-order valence-electron chi connectivity index (χ4n) is 3.94. The molecule has 2 aliphatic rings. The van der Waals surface area contributed by atoms with Crippen molar-refractivity contribution in [3.8, 4) is 5.75 Å². The minimum atomic E-state index is 0. The van der Waals surface area contributed by atoms with E-state index in [1.807, 2.05) is 24.3 Å². The van der Waals surface area contributed by atoms with Crippen molar-refractivity contribution in [3.05, 3.63) is 24.3 Å². The number of anilines is 1. The van der Waals surface area contributed by atoms with E-state index >= 15 is 0 Å². The number of nitrogens with one attached hydrogen (secondary N) is 1. The molecule has 1 aliphatic heterocycles. The number of methoxy groups -OCH3 is 1. The molecule has 3 rings (SSSR count). The number of rotatable bonds is 5. The number of nitrogens with two attached hydrogens (primary N) is 1. The summed E-state index contributed by atoms with van der Waals surface area (Å²) in [4.78, 5) is 7.43. The van der Waals surface area contributed by atoms with Crippen LogP contribution >= 0.6 is 35.7 Å². The summed E-state index contributed by atoms with van der Waals surface area (Å²) in [5, 5.41) is 3.20. The van der Waals surface area contributed by atoms with E-state index in [2.05, 4.69) is 22.0 Å². The van der Waals surface area contributed by atoms with Crippen LogP contribution in [0.2, 0.25) is 0 Å². The summed E-state index contributed by atoms with van der Waals surface area (Å²) in [6, 6.07) is 7.77. The predicted molar refractivity (Wildman–Crippen MR) is 123 cm³/mol. The topological polar surface area (TPSA) is 62.9 Å². The molecule has 2 fully saturated rings. The largest absolute Gasteiger partial charge is 0.497 e. The smallest absolute Gasteiger partial charge is 0.193 e. The summed E-state index contributed by atoms with van der Waals surface area (Å²) in [7, 11) is 1.67. The number of benzene rings is 1. The van der Waals surface area contributed by atoms with Crippen molar-refractivity contribution in [2.75, 3.05) is 43.6 Å². The summed E-state index contributed by atoms with van der Waals surface area (Å²) in [6.45, 7) is 3.16. The molecule has 0 amide bonds. The van der Waals surface area contributed by atoms with Crippen molar-refractivity contribution in [3.63, 3.8) is 0 Å². The summed E-state index contributed by atoms with van der Waals surface area (Å²) in [6.07, 6.45) is 6.46. The Morgan fingerprint density at radius 1 is 1.27 bits per heavy atom. The van der Waals surface area contributed by atoms with E-state index in [9.17, 15) is 0 Å². The highest BCUT2D eigenvalue weighted by Crippen LogP contribution is 2.35. The monoisotopic (exact) mass is 490 g/mol. The SMILES string of the molecule is COc1cccc(NC(N)=NCC2(N3CCSCC3)CCCCC2)c1.I. The predicted octanol–water partition coefficient (Wildman–Crippen LogP) is 3.79. The zero-order valence-electron chi connectivity index (χ0n) is 15.6. The summed E-state index contributed by atoms with van der Waals surface area (Å²) in [5.41, 5.74) is 7.30. The number of hydrogen-bond donors (Lipinski definition) is 2. The average Bonchev–Trinajstić information content (AvgIpc) is 2.68. The molecule has 0 bridgehead atoms. The molecular weight excluding hydrogens is 459 g/mol. The molecule has 26 heavy (non-hydrogen) atoms. The van der Waals surface area contributed by atoms with Gasteiger partial charge in [-0.05, 0) is 25.0 Å². The maximum Gasteiger partial charge on any atom is 0.193 e. The molecule has 1 aliphatic carbocycles. The van der Waals surface area contributed by atoms with Gasteiger partial charge in [-0.15, -0.1) is 24.0 Å². The lowest BCUT2D eigenvalue weighted by Gasteiger charge is -2.47. The van der Waals surface area contributed by atoms with Gasteiger partial charge in [0.05, 0.1) is 13.7 Å². The molecule has 1 heterocycles. The molecule has 0 aromatic heterocycles. The molecule has 0 unspecified atom stereocenters. The van der Waals surface area contributed by atoms with E-state index in [-0.39, 0.29) is 29.5 Å². The van der Waals surface area contributed by atoms with E-state index in [1.165, 1.54) is 56.7 Å². The third-order valence-corrected chi connectivity index (χ3v) is 6.29. The Bertz CT molecular complexity index is 587. The van der Waals surface area contributed by atoms with Gasteiger partial charge in [0.25, 0.3) is 0 Å². The Labute approximate surface area is 178 Å². The van der Waals surface area contributed by atoms with Gasteiger partial charge in [0, 0.05) is 41.9 Å². The van der Waals surface area contributed by atoms with Crippen LogP contribution in [-0.4, -0.2) is 54.6 Å². The molecule has 0 spiro atoms. The minimum Gasteiger partial charge on any atom is -0.497 e. The molecule has 1 saturated heterocycles. The standard InChI is InChI=1S/C19H30N4OS.HI/c1-24-17-7-5-6-16(14-17)22-18(20)21-15-19(8-3-2-4-9-19)23-10-12-25-13-11-23;/h5-7,14H,2-4,8-13,15H2,1H3,(H3,20,21,22);1H. The summed E-state index contributed by atoms with van der Waals surface area (Å²) in [5.74, 6) is 3.78. The molecule has 1 saturated carbocycles. The first-order valence-electron chi connectivity index (χ1n) is 9.26. The van der Waals surface area contributed by atoms with Crippen LogP contribution in [-0.2, 0) is 0 Å². The Balaban J connectivity index is 0.00000243. The Hall–Kier alpha value is -0.670. The van der Waals surface area contributed by atoms with Gasteiger partial charge >= 0.3 is 0 Å². The van der Waals surface area contributed by atoms with Gasteiger partial charge < -0.3 is 15.8 Å². The van der Waals surface area contributed by atoms with Gasteiger partial charge in [-0.25, -0.2) is 0 Å². The lowest BCUT2D eigenvalue weighted by atomic mass is 9.80. The summed E-state index contributed by atoms with van der Waals surface area (Å²) >= 11 is 2.06. The van der Waals surface area contributed by atoms with Crippen molar-refractivity contribution in [1.82, 2.24) is 4.90 Å². The maximum absolute atomic E-state index is 6.18. The van der Waals surface area contributed by atoms with E-state index < -0.39 is 0 Å². The van der Waals surface area contributed by atoms with E-state index in [0.717, 1.165) is 18.0 Å². The van der Waals surface area contributed by atoms with E-state index in [4.69, 9.17) is 15.5 Å². The van der Waals surface area contributed by atoms with Gasteiger partial charge in [0.2, 0.25) is 0 Å². The average molecular weight is 490 g/mol. The normalized spacial score (nSPS) is 20.9. The van der Waals surface area contributed by atoms with Crippen molar-refractivity contribution >= 4 is 47.4 Å². The van der Waals surface area contributed by atoms with Crippen molar-refractivity contribution in [2.24, 2.45) is 10.7 Å². The van der Waals surface area contributed by atoms with Crippen LogP contribution in [0.5, 0.6) is 5.75 Å². The number of hydrogen-bond acceptors (Lipinski definition) is 4. The molecule has 3 N–H and O–H groups in total. The third kappa shape index (κ3) is 5.66. The number of guanidine groups is 1. The molecule has 7 heteroatoms. The zero-order chi connectivity index (χ0) is 17.5. The zero-order valence-corrected chi connectivity index (χ0v) is 18.7. The Morgan fingerprint density at radius 3 is 2.69 bits per heavy atom. The van der Waals surface area contributed by atoms with Gasteiger partial charge in [-0.2, -0.15) is 11.8 Å². The van der Waals surface area contributed by atoms with Gasteiger partial charge in [0.15, 0.2) is 5.96 Å². The lowest BCUT2D eigenvalue weighted by molar-refractivity contribution is 0.0673. The molecule has 0 atom stereocenters. The molecular formula is C19H31IN4OS. The van der Waals surface area contributed by atoms with E-state index in [1.54, 1.807) is 7.11 Å². The maximum atomic E-state index is 6.18. The fourth-order valence-corrected chi connectivity index (χ4v) is 4.85. The van der Waals surface area contributed by atoms with Crippen LogP contribution in [0.1, 0.15) is 32.1 Å². The van der Waals surface area contributed by atoms with Gasteiger partial charge in [0.1, 0.15) is 5.75 Å². The first-order chi connectivity index (χ1) is 12.2. The second-order valence-electron chi connectivity index (χ2n) is 6.94. The molecule has 1 aromatic carbocycles. The van der Waals surface area contributed by atoms with Crippen LogP contribution < -0.4 is 15.8 Å². The van der Waals surface area contributed by atoms with Crippen molar-refractivity contribution in [1.29, 1.82) is 0 Å². The molecule has 0 radical (unpaired) electrons. The number of ether oxygens (including phenoxy) is 1. The Kier molecular flexibility index (Phi) is 8.83. The number of halogens is 1. The van der Waals surface area contributed by atoms with Gasteiger partial charge in [-0.1, -0.05) is 25.3 Å². The van der Waals surface area contributed by atoms with Gasteiger partial charge in [-0.3, -0.25) is 9.89 Å². The first-order valence-corrected chi connectivity index (χ1v) is 10.4. The molecule has 146 valence electrons. The van der Waals surface area contributed by atoms with Crippen LogP contribution in [0.25, 0.3) is 0 Å². The first kappa shape index (κ1) is 21.6. The third-order valence-electron chi connectivity index (χ3n) is 5.35. The second kappa shape index (κ2) is 10.6. The van der Waals surface area contributed by atoms with Crippen LogP contribution in [0.3, 0.4) is 0 Å². The summed E-state index contributed by atoms with van der Waals surface area (Å²) < 4.78 is 5.26. The highest BCUT2D eigenvalue weighted by molar-refractivity contribution is 14.0. The minimum absolute atomic E-state index is 0. The van der Waals surface area contributed by atoms with Crippen LogP contribution in [0.4, 0.5) is 5.69 Å². The number of aliphatic imine (C=N–C) groups is 1. The highest BCUT2D eigenvalue weighted by atomic mass is 127. The molecule has 5 nitrogen and oxygen atoms in total. The van der Waals surface area contributed by atoms with Crippen LogP contribution in [0.15, 0.2) is 29.3 Å². The van der Waals surface area contributed by atoms with Crippen molar-refractivity contribution in [2.45, 2.75) is 37.6 Å². The quantitative estimate of drug-likeness (QED) is 0.374. The fraction of sp³-hybridized carbons (Fsp3) is 0.632. The molecule has 1 aromatic rings. The van der Waals surface area contributed by atoms with Crippen LogP contribution in [0, 0.1) is 0 Å². The lowest BCUT2D eigenvalue weighted by Crippen LogP contribution is -2.55. The number of nitrogens with zero attached hydrogens (tertiary/aromatic N) is 2. The van der Waals surface area contributed by atoms with E-state index in [0.29, 0.717) is 5.96 Å². The number of thioether (sulfide) groups is 1. The second-order valence-corrected chi connectivity index (χ2v) is 8.17. The Morgan fingerprint density at radius 2 is 2.00 bits per heavy atom. The highest BCUT2D eigenvalue weighted by Gasteiger charge is 2.38.